The molecule has 3 aromatic rings. The van der Waals surface area contributed by atoms with E-state index in [1.54, 1.807) is 31.2 Å². The summed E-state index contributed by atoms with van der Waals surface area (Å²) in [4.78, 5) is 30.8. The molecule has 0 radical (unpaired) electrons. The second kappa shape index (κ2) is 11.9. The average molecular weight is 534 g/mol. The van der Waals surface area contributed by atoms with Crippen molar-refractivity contribution in [1.29, 1.82) is 0 Å². The van der Waals surface area contributed by atoms with Crippen molar-refractivity contribution in [3.8, 4) is 0 Å². The molecule has 2 N–H and O–H groups in total. The van der Waals surface area contributed by atoms with Crippen LogP contribution in [0.25, 0.3) is 0 Å². The topological polar surface area (TPSA) is 96.2 Å². The van der Waals surface area contributed by atoms with Gasteiger partial charge in [-0.25, -0.2) is 0 Å². The van der Waals surface area contributed by atoms with E-state index >= 15 is 0 Å². The first-order chi connectivity index (χ1) is 18.3. The molecule has 4 rings (SSSR count). The lowest BCUT2D eigenvalue weighted by molar-refractivity contribution is -0.157. The number of carbonyl (C=O) groups is 2. The Kier molecular flexibility index (Phi) is 8.65. The molecule has 3 aromatic carbocycles. The fraction of sp³-hybridized carbons (Fsp3) is 0.323. The normalized spacial score (nSPS) is 23.2. The van der Waals surface area contributed by atoms with Crippen LogP contribution in [0.2, 0.25) is 5.02 Å². The summed E-state index contributed by atoms with van der Waals surface area (Å²) >= 11 is 6.34. The van der Waals surface area contributed by atoms with Crippen LogP contribution in [0.15, 0.2) is 89.9 Å². The lowest BCUT2D eigenvalue weighted by Crippen LogP contribution is -2.56. The van der Waals surface area contributed by atoms with Gasteiger partial charge in [0, 0.05) is 29.7 Å². The smallest absolute Gasteiger partial charge is 0.312 e. The average Bonchev–Trinajstić information content (AvgIpc) is 2.90. The lowest BCUT2D eigenvalue weighted by Gasteiger charge is -2.47. The maximum atomic E-state index is 13.4. The molecule has 0 fully saturated rings. The van der Waals surface area contributed by atoms with Gasteiger partial charge in [-0.05, 0) is 48.6 Å². The van der Waals surface area contributed by atoms with Crippen molar-refractivity contribution >= 4 is 29.3 Å². The summed E-state index contributed by atoms with van der Waals surface area (Å²) in [5.74, 6) is -4.31. The number of ether oxygens (including phenoxy) is 1. The molecule has 4 unspecified atom stereocenters. The third-order valence-electron chi connectivity index (χ3n) is 7.74. The highest BCUT2D eigenvalue weighted by Gasteiger charge is 2.59. The molecule has 0 bridgehead atoms. The van der Waals surface area contributed by atoms with E-state index in [2.05, 4.69) is 4.99 Å². The van der Waals surface area contributed by atoms with Gasteiger partial charge in [0.2, 0.25) is 0 Å². The van der Waals surface area contributed by atoms with E-state index in [0.29, 0.717) is 22.7 Å². The first kappa shape index (κ1) is 27.6. The van der Waals surface area contributed by atoms with Crippen molar-refractivity contribution in [2.45, 2.75) is 37.6 Å². The van der Waals surface area contributed by atoms with E-state index < -0.39 is 35.2 Å². The Morgan fingerprint density at radius 3 is 2.08 bits per heavy atom. The van der Waals surface area contributed by atoms with Crippen LogP contribution >= 0.6 is 11.6 Å². The molecule has 198 valence electrons. The van der Waals surface area contributed by atoms with Gasteiger partial charge in [0.1, 0.15) is 11.3 Å². The van der Waals surface area contributed by atoms with Crippen molar-refractivity contribution in [3.05, 3.63) is 107 Å². The fourth-order valence-corrected chi connectivity index (χ4v) is 6.23. The number of benzene rings is 3. The van der Waals surface area contributed by atoms with Crippen LogP contribution < -0.4 is 0 Å². The van der Waals surface area contributed by atoms with E-state index in [1.165, 1.54) is 7.11 Å². The molecule has 38 heavy (non-hydrogen) atoms. The van der Waals surface area contributed by atoms with Crippen LogP contribution in [-0.4, -0.2) is 47.6 Å². The number of rotatable bonds is 10. The number of hydrogen-bond acceptors (Lipinski definition) is 4. The fourth-order valence-electron chi connectivity index (χ4n) is 6.03. The predicted molar refractivity (Wildman–Crippen MR) is 148 cm³/mol. The molecule has 6 nitrogen and oxygen atoms in total. The molecule has 1 aliphatic heterocycles. The quantitative estimate of drug-likeness (QED) is 0.319. The summed E-state index contributed by atoms with van der Waals surface area (Å²) in [7, 11) is 1.51. The number of carboxylic acid groups (broad SMARTS) is 2. The number of hydrogen-bond donors (Lipinski definition) is 2. The largest absolute Gasteiger partial charge is 0.481 e. The van der Waals surface area contributed by atoms with Gasteiger partial charge in [0.05, 0.1) is 12.6 Å². The van der Waals surface area contributed by atoms with Crippen molar-refractivity contribution in [2.75, 3.05) is 13.7 Å². The molecular formula is C31H32ClNO5. The highest BCUT2D eigenvalue weighted by molar-refractivity contribution is 6.30. The molecule has 4 atom stereocenters. The highest BCUT2D eigenvalue weighted by atomic mass is 35.5. The zero-order chi connectivity index (χ0) is 27.3. The van der Waals surface area contributed by atoms with E-state index in [4.69, 9.17) is 16.3 Å². The summed E-state index contributed by atoms with van der Waals surface area (Å²) in [6.45, 7) is 1.70. The SMILES string of the molecule is COCC1N=C(C)C(C(=O)O)C(c2cccc(Cl)c2)C1(CCC(c1ccccc1)c1ccccc1)C(=O)O. The van der Waals surface area contributed by atoms with Crippen molar-refractivity contribution in [3.63, 3.8) is 0 Å². The molecule has 0 aromatic heterocycles. The van der Waals surface area contributed by atoms with Crippen molar-refractivity contribution in [2.24, 2.45) is 16.3 Å². The monoisotopic (exact) mass is 533 g/mol. The van der Waals surface area contributed by atoms with Gasteiger partial charge in [0.25, 0.3) is 0 Å². The van der Waals surface area contributed by atoms with Gasteiger partial charge in [-0.1, -0.05) is 84.4 Å². The number of aliphatic carboxylic acids is 2. The second-order valence-electron chi connectivity index (χ2n) is 9.85. The Morgan fingerprint density at radius 2 is 1.58 bits per heavy atom. The zero-order valence-electron chi connectivity index (χ0n) is 21.5. The predicted octanol–water partition coefficient (Wildman–Crippen LogP) is 6.30. The molecule has 0 spiro atoms. The van der Waals surface area contributed by atoms with Gasteiger partial charge in [0.15, 0.2) is 0 Å². The first-order valence-electron chi connectivity index (χ1n) is 12.6. The Hall–Kier alpha value is -3.48. The first-order valence-corrected chi connectivity index (χ1v) is 13.0. The molecule has 7 heteroatoms. The van der Waals surface area contributed by atoms with Crippen LogP contribution in [0.5, 0.6) is 0 Å². The van der Waals surface area contributed by atoms with Crippen LogP contribution in [0, 0.1) is 11.3 Å². The number of halogens is 1. The third kappa shape index (κ3) is 5.38. The summed E-state index contributed by atoms with van der Waals surface area (Å²) < 4.78 is 5.47. The van der Waals surface area contributed by atoms with Crippen molar-refractivity contribution < 1.29 is 24.5 Å². The molecule has 0 saturated heterocycles. The summed E-state index contributed by atoms with van der Waals surface area (Å²) in [6.07, 6.45) is 0.654. The summed E-state index contributed by atoms with van der Waals surface area (Å²) in [5.41, 5.74) is 1.52. The van der Waals surface area contributed by atoms with Crippen LogP contribution in [-0.2, 0) is 14.3 Å². The van der Waals surface area contributed by atoms with E-state index in [-0.39, 0.29) is 18.9 Å². The highest BCUT2D eigenvalue weighted by Crippen LogP contribution is 2.53. The minimum absolute atomic E-state index is 0.0500. The second-order valence-corrected chi connectivity index (χ2v) is 10.3. The van der Waals surface area contributed by atoms with Gasteiger partial charge in [-0.2, -0.15) is 0 Å². The minimum Gasteiger partial charge on any atom is -0.481 e. The van der Waals surface area contributed by atoms with Gasteiger partial charge >= 0.3 is 11.9 Å². The Morgan fingerprint density at radius 1 is 0.974 bits per heavy atom. The van der Waals surface area contributed by atoms with E-state index in [9.17, 15) is 19.8 Å². The van der Waals surface area contributed by atoms with Crippen LogP contribution in [0.3, 0.4) is 0 Å². The number of methoxy groups -OCH3 is 1. The summed E-state index contributed by atoms with van der Waals surface area (Å²) in [6, 6.07) is 26.0. The van der Waals surface area contributed by atoms with E-state index in [1.807, 2.05) is 60.7 Å². The molecule has 0 aliphatic carbocycles. The van der Waals surface area contributed by atoms with Crippen molar-refractivity contribution in [1.82, 2.24) is 0 Å². The number of carboxylic acids is 2. The number of nitrogens with zero attached hydrogens (tertiary/aromatic N) is 1. The Balaban J connectivity index is 1.89. The van der Waals surface area contributed by atoms with Gasteiger partial charge in [-0.3, -0.25) is 14.6 Å². The Bertz CT molecular complexity index is 1260. The van der Waals surface area contributed by atoms with E-state index in [0.717, 1.165) is 11.1 Å². The van der Waals surface area contributed by atoms with Crippen LogP contribution in [0.1, 0.15) is 48.3 Å². The van der Waals surface area contributed by atoms with Gasteiger partial charge < -0.3 is 14.9 Å². The minimum atomic E-state index is -1.55. The Labute approximate surface area is 228 Å². The third-order valence-corrected chi connectivity index (χ3v) is 7.97. The molecule has 1 heterocycles. The van der Waals surface area contributed by atoms with Gasteiger partial charge in [-0.15, -0.1) is 0 Å². The number of aliphatic imine (C=N–C) groups is 1. The zero-order valence-corrected chi connectivity index (χ0v) is 22.2. The maximum Gasteiger partial charge on any atom is 0.312 e. The summed E-state index contributed by atoms with van der Waals surface area (Å²) in [5, 5.41) is 21.7. The lowest BCUT2D eigenvalue weighted by atomic mass is 9.57. The maximum absolute atomic E-state index is 13.4. The molecule has 1 aliphatic rings. The molecular weight excluding hydrogens is 502 g/mol. The molecule has 0 amide bonds. The van der Waals surface area contributed by atoms with Crippen LogP contribution in [0.4, 0.5) is 0 Å². The molecule has 0 saturated carbocycles. The standard InChI is InChI=1S/C31H32ClNO5/c1-20-27(29(34)35)28(23-14-9-15-24(32)18-23)31(30(36)37,26(33-20)19-38-2)17-16-25(21-10-5-3-6-11-21)22-12-7-4-8-13-22/h3-15,18,25-28H,16-17,19H2,1-2H3,(H,34,35)(H,36,37).